The minimum Gasteiger partial charge on any atom is -0.504 e. The van der Waals surface area contributed by atoms with Gasteiger partial charge in [0.05, 0.1) is 29.4 Å². The summed E-state index contributed by atoms with van der Waals surface area (Å²) in [5.74, 6) is -1.19. The number of hydrazone groups is 1. The molecule has 0 aliphatic heterocycles. The first kappa shape index (κ1) is 17.3. The van der Waals surface area contributed by atoms with Crippen LogP contribution in [0.5, 0.6) is 11.5 Å². The first-order chi connectivity index (χ1) is 11.4. The number of amides is 1. The predicted octanol–water partition coefficient (Wildman–Crippen LogP) is 2.23. The monoisotopic (exact) mass is 394 g/mol. The van der Waals surface area contributed by atoms with Crippen LogP contribution >= 0.6 is 15.9 Å². The standard InChI is InChI=1S/C14H11BrN4O5/c1-24-13-11(20)3-2-8(12(13)19(22)23)6-17-18-14(21)9-4-10(15)7-16-5-9/h2-7,20H,1H3,(H,18,21)/b17-6+. The van der Waals surface area contributed by atoms with E-state index < -0.39 is 16.5 Å². The van der Waals surface area contributed by atoms with Crippen LogP contribution in [-0.2, 0) is 0 Å². The number of phenols is 1. The first-order valence-electron chi connectivity index (χ1n) is 6.42. The predicted molar refractivity (Wildman–Crippen MR) is 88.3 cm³/mol. The molecule has 0 aliphatic carbocycles. The van der Waals surface area contributed by atoms with Gasteiger partial charge in [0.25, 0.3) is 5.91 Å². The van der Waals surface area contributed by atoms with Crippen molar-refractivity contribution in [3.8, 4) is 11.5 Å². The highest BCUT2D eigenvalue weighted by molar-refractivity contribution is 9.10. The van der Waals surface area contributed by atoms with Crippen LogP contribution in [0.25, 0.3) is 0 Å². The van der Waals surface area contributed by atoms with Crippen LogP contribution < -0.4 is 10.2 Å². The average molecular weight is 395 g/mol. The highest BCUT2D eigenvalue weighted by Gasteiger charge is 2.23. The maximum Gasteiger partial charge on any atom is 0.323 e. The number of hydrogen-bond acceptors (Lipinski definition) is 7. The SMILES string of the molecule is COc1c(O)ccc(/C=N/NC(=O)c2cncc(Br)c2)c1[N+](=O)[O-]. The summed E-state index contributed by atoms with van der Waals surface area (Å²) in [6.45, 7) is 0. The first-order valence-corrected chi connectivity index (χ1v) is 7.21. The number of nitrogens with zero attached hydrogens (tertiary/aromatic N) is 3. The lowest BCUT2D eigenvalue weighted by Crippen LogP contribution is -2.17. The summed E-state index contributed by atoms with van der Waals surface area (Å²) in [6, 6.07) is 4.06. The maximum absolute atomic E-state index is 11.9. The molecule has 2 rings (SSSR count). The Morgan fingerprint density at radius 2 is 2.25 bits per heavy atom. The Morgan fingerprint density at radius 3 is 2.88 bits per heavy atom. The summed E-state index contributed by atoms with van der Waals surface area (Å²) >= 11 is 3.19. The van der Waals surface area contributed by atoms with Crippen molar-refractivity contribution in [1.82, 2.24) is 10.4 Å². The lowest BCUT2D eigenvalue weighted by molar-refractivity contribution is -0.386. The third kappa shape index (κ3) is 3.84. The molecule has 0 atom stereocenters. The van der Waals surface area contributed by atoms with E-state index in [0.29, 0.717) is 4.47 Å². The molecular weight excluding hydrogens is 384 g/mol. The molecule has 10 heteroatoms. The molecule has 0 radical (unpaired) electrons. The fourth-order valence-electron chi connectivity index (χ4n) is 1.83. The van der Waals surface area contributed by atoms with Gasteiger partial charge in [-0.1, -0.05) is 0 Å². The Kier molecular flexibility index (Phi) is 5.42. The van der Waals surface area contributed by atoms with Crippen molar-refractivity contribution in [3.63, 3.8) is 0 Å². The molecule has 0 saturated carbocycles. The van der Waals surface area contributed by atoms with E-state index in [0.717, 1.165) is 6.21 Å². The second-order valence-electron chi connectivity index (χ2n) is 4.40. The number of rotatable bonds is 5. The van der Waals surface area contributed by atoms with Gasteiger partial charge >= 0.3 is 5.69 Å². The van der Waals surface area contributed by atoms with E-state index in [2.05, 4.69) is 31.4 Å². The summed E-state index contributed by atoms with van der Waals surface area (Å²) in [5.41, 5.74) is 2.10. The van der Waals surface area contributed by atoms with Crippen LogP contribution in [-0.4, -0.2) is 34.2 Å². The van der Waals surface area contributed by atoms with E-state index in [-0.39, 0.29) is 22.6 Å². The number of ether oxygens (including phenoxy) is 1. The Morgan fingerprint density at radius 1 is 1.50 bits per heavy atom. The number of nitro benzene ring substituents is 1. The largest absolute Gasteiger partial charge is 0.504 e. The molecule has 24 heavy (non-hydrogen) atoms. The second-order valence-corrected chi connectivity index (χ2v) is 5.32. The van der Waals surface area contributed by atoms with E-state index in [1.807, 2.05) is 0 Å². The van der Waals surface area contributed by atoms with Crippen LogP contribution in [0.1, 0.15) is 15.9 Å². The molecule has 2 N–H and O–H groups in total. The van der Waals surface area contributed by atoms with E-state index in [4.69, 9.17) is 4.74 Å². The van der Waals surface area contributed by atoms with Crippen LogP contribution in [0.2, 0.25) is 0 Å². The number of hydrogen-bond donors (Lipinski definition) is 2. The molecular formula is C14H11BrN4O5. The smallest absolute Gasteiger partial charge is 0.323 e. The fourth-order valence-corrected chi connectivity index (χ4v) is 2.20. The Bertz CT molecular complexity index is 825. The van der Waals surface area contributed by atoms with Crippen LogP contribution in [0.15, 0.2) is 40.2 Å². The summed E-state index contributed by atoms with van der Waals surface area (Å²) in [4.78, 5) is 26.2. The minimum atomic E-state index is -0.708. The average Bonchev–Trinajstić information content (AvgIpc) is 2.55. The van der Waals surface area contributed by atoms with Crippen molar-refractivity contribution < 1.29 is 19.6 Å². The number of carbonyl (C=O) groups excluding carboxylic acids is 1. The summed E-state index contributed by atoms with van der Waals surface area (Å²) in [7, 11) is 1.20. The van der Waals surface area contributed by atoms with Gasteiger partial charge in [-0.3, -0.25) is 19.9 Å². The number of pyridine rings is 1. The van der Waals surface area contributed by atoms with E-state index >= 15 is 0 Å². The Hall–Kier alpha value is -3.01. The normalized spacial score (nSPS) is 10.6. The quantitative estimate of drug-likeness (QED) is 0.454. The molecule has 0 spiro atoms. The third-order valence-electron chi connectivity index (χ3n) is 2.87. The summed E-state index contributed by atoms with van der Waals surface area (Å²) in [6.07, 6.45) is 3.96. The van der Waals surface area contributed by atoms with Gasteiger partial charge in [0.1, 0.15) is 0 Å². The lowest BCUT2D eigenvalue weighted by Gasteiger charge is -2.06. The highest BCUT2D eigenvalue weighted by Crippen LogP contribution is 2.37. The fraction of sp³-hybridized carbons (Fsp3) is 0.0714. The van der Waals surface area contributed by atoms with Gasteiger partial charge in [-0.05, 0) is 34.1 Å². The number of phenolic OH excluding ortho intramolecular Hbond substituents is 1. The zero-order valence-electron chi connectivity index (χ0n) is 12.3. The van der Waals surface area contributed by atoms with E-state index in [1.54, 1.807) is 6.07 Å². The molecule has 0 aliphatic rings. The number of halogens is 1. The number of nitro groups is 1. The molecule has 1 heterocycles. The van der Waals surface area contributed by atoms with Crippen molar-refractivity contribution in [2.24, 2.45) is 5.10 Å². The Labute approximate surface area is 144 Å². The molecule has 1 amide bonds. The number of benzene rings is 1. The topological polar surface area (TPSA) is 127 Å². The molecule has 9 nitrogen and oxygen atoms in total. The zero-order chi connectivity index (χ0) is 17.7. The van der Waals surface area contributed by atoms with E-state index in [9.17, 15) is 20.0 Å². The molecule has 2 aromatic rings. The van der Waals surface area contributed by atoms with Gasteiger partial charge in [-0.2, -0.15) is 5.10 Å². The van der Waals surface area contributed by atoms with Gasteiger partial charge in [-0.25, -0.2) is 5.43 Å². The molecule has 1 aromatic carbocycles. The van der Waals surface area contributed by atoms with Crippen LogP contribution in [0.4, 0.5) is 5.69 Å². The van der Waals surface area contributed by atoms with Crippen LogP contribution in [0.3, 0.4) is 0 Å². The van der Waals surface area contributed by atoms with Gasteiger partial charge in [0.2, 0.25) is 5.75 Å². The van der Waals surface area contributed by atoms with Crippen molar-refractivity contribution in [1.29, 1.82) is 0 Å². The van der Waals surface area contributed by atoms with Gasteiger partial charge in [-0.15, -0.1) is 0 Å². The molecule has 124 valence electrons. The van der Waals surface area contributed by atoms with Crippen molar-refractivity contribution in [3.05, 3.63) is 56.3 Å². The lowest BCUT2D eigenvalue weighted by atomic mass is 10.1. The summed E-state index contributed by atoms with van der Waals surface area (Å²) < 4.78 is 5.46. The minimum absolute atomic E-state index is 0.0577. The number of carbonyl (C=O) groups is 1. The molecule has 1 aromatic heterocycles. The van der Waals surface area contributed by atoms with Crippen LogP contribution in [0, 0.1) is 10.1 Å². The van der Waals surface area contributed by atoms with Gasteiger partial charge in [0, 0.05) is 16.9 Å². The summed E-state index contributed by atoms with van der Waals surface area (Å²) in [5, 5.41) is 24.4. The molecule has 0 fully saturated rings. The number of aromatic nitrogens is 1. The van der Waals surface area contributed by atoms with Gasteiger partial charge < -0.3 is 9.84 Å². The zero-order valence-corrected chi connectivity index (χ0v) is 13.8. The number of aromatic hydroxyl groups is 1. The van der Waals surface area contributed by atoms with Crippen molar-refractivity contribution in [2.75, 3.05) is 7.11 Å². The molecule has 0 bridgehead atoms. The maximum atomic E-state index is 11.9. The third-order valence-corrected chi connectivity index (χ3v) is 3.30. The van der Waals surface area contributed by atoms with Crippen molar-refractivity contribution in [2.45, 2.75) is 0 Å². The van der Waals surface area contributed by atoms with Gasteiger partial charge in [0.15, 0.2) is 5.75 Å². The highest BCUT2D eigenvalue weighted by atomic mass is 79.9. The molecule has 0 saturated heterocycles. The van der Waals surface area contributed by atoms with Crippen molar-refractivity contribution >= 4 is 33.7 Å². The Balaban J connectivity index is 2.23. The molecule has 0 unspecified atom stereocenters. The number of methoxy groups -OCH3 is 1. The second kappa shape index (κ2) is 7.51. The van der Waals surface area contributed by atoms with E-state index in [1.165, 1.54) is 31.6 Å². The number of nitrogens with one attached hydrogen (secondary N) is 1.